The summed E-state index contributed by atoms with van der Waals surface area (Å²) < 4.78 is 0. The van der Waals surface area contributed by atoms with Crippen LogP contribution in [0.5, 0.6) is 0 Å². The summed E-state index contributed by atoms with van der Waals surface area (Å²) >= 11 is 1.64. The first kappa shape index (κ1) is 18.3. The average Bonchev–Trinajstić information content (AvgIpc) is 3.07. The third kappa shape index (κ3) is 4.38. The Labute approximate surface area is 159 Å². The summed E-state index contributed by atoms with van der Waals surface area (Å²) in [6.07, 6.45) is 3.84. The van der Waals surface area contributed by atoms with E-state index >= 15 is 0 Å². The van der Waals surface area contributed by atoms with Crippen LogP contribution in [0.4, 0.5) is 10.8 Å². The molecular formula is C22H24N2OS. The number of carbonyl (C=O) groups excluding carboxylic acids is 1. The van der Waals surface area contributed by atoms with Gasteiger partial charge in [-0.25, -0.2) is 4.98 Å². The minimum absolute atomic E-state index is 0.0886. The van der Waals surface area contributed by atoms with Crippen LogP contribution >= 0.6 is 11.3 Å². The van der Waals surface area contributed by atoms with Gasteiger partial charge in [0.15, 0.2) is 10.9 Å². The number of hydrogen-bond donors (Lipinski definition) is 1. The van der Waals surface area contributed by atoms with Crippen molar-refractivity contribution in [2.75, 3.05) is 5.32 Å². The van der Waals surface area contributed by atoms with Crippen LogP contribution < -0.4 is 5.32 Å². The number of thiazole rings is 1. The number of aromatic nitrogens is 1. The topological polar surface area (TPSA) is 42.0 Å². The largest absolute Gasteiger partial charge is 0.332 e. The van der Waals surface area contributed by atoms with Crippen molar-refractivity contribution in [3.05, 3.63) is 65.2 Å². The highest BCUT2D eigenvalue weighted by Gasteiger charge is 2.14. The highest BCUT2D eigenvalue weighted by atomic mass is 32.1. The van der Waals surface area contributed by atoms with Gasteiger partial charge in [-0.3, -0.25) is 4.79 Å². The summed E-state index contributed by atoms with van der Waals surface area (Å²) in [6.45, 7) is 6.17. The van der Waals surface area contributed by atoms with E-state index in [-0.39, 0.29) is 11.7 Å². The van der Waals surface area contributed by atoms with Gasteiger partial charge in [0.2, 0.25) is 0 Å². The van der Waals surface area contributed by atoms with E-state index in [0.29, 0.717) is 0 Å². The zero-order valence-electron chi connectivity index (χ0n) is 15.5. The number of aryl methyl sites for hydroxylation is 1. The number of nitrogens with zero attached hydrogens (tertiary/aromatic N) is 1. The normalized spacial score (nSPS) is 12.0. The van der Waals surface area contributed by atoms with Crippen molar-refractivity contribution >= 4 is 27.9 Å². The lowest BCUT2D eigenvalue weighted by atomic mass is 9.94. The van der Waals surface area contributed by atoms with Gasteiger partial charge < -0.3 is 5.32 Å². The lowest BCUT2D eigenvalue weighted by molar-refractivity contribution is 0.0923. The third-order valence-electron chi connectivity index (χ3n) is 4.43. The number of hydrogen-bond acceptors (Lipinski definition) is 4. The summed E-state index contributed by atoms with van der Waals surface area (Å²) in [5.41, 5.74) is 4.06. The first-order chi connectivity index (χ1) is 12.6. The molecule has 0 fully saturated rings. The molecule has 1 N–H and O–H groups in total. The Hall–Kier alpha value is -2.46. The molecule has 0 aliphatic rings. The van der Waals surface area contributed by atoms with E-state index in [4.69, 9.17) is 0 Å². The Balaban J connectivity index is 1.70. The van der Waals surface area contributed by atoms with Crippen molar-refractivity contribution in [1.82, 2.24) is 4.98 Å². The van der Waals surface area contributed by atoms with Gasteiger partial charge in [0.1, 0.15) is 0 Å². The van der Waals surface area contributed by atoms with E-state index in [1.54, 1.807) is 11.3 Å². The molecule has 26 heavy (non-hydrogen) atoms. The second kappa shape index (κ2) is 8.28. The van der Waals surface area contributed by atoms with Crippen molar-refractivity contribution in [3.63, 3.8) is 0 Å². The summed E-state index contributed by atoms with van der Waals surface area (Å²) in [5.74, 6) is 0.322. The van der Waals surface area contributed by atoms with Crippen LogP contribution in [0.3, 0.4) is 0 Å². The van der Waals surface area contributed by atoms with Gasteiger partial charge in [0, 0.05) is 28.2 Å². The zero-order chi connectivity index (χ0) is 18.5. The number of carbonyl (C=O) groups is 1. The van der Waals surface area contributed by atoms with Crippen molar-refractivity contribution in [2.24, 2.45) is 5.92 Å². The molecule has 3 rings (SSSR count). The maximum absolute atomic E-state index is 12.4. The first-order valence-corrected chi connectivity index (χ1v) is 9.82. The molecule has 0 aliphatic carbocycles. The fourth-order valence-corrected chi connectivity index (χ4v) is 3.64. The van der Waals surface area contributed by atoms with Crippen molar-refractivity contribution in [1.29, 1.82) is 0 Å². The molecule has 4 heteroatoms. The number of Topliss-reactive ketones (excluding diaryl/α,β-unsaturated/α-hetero) is 1. The summed E-state index contributed by atoms with van der Waals surface area (Å²) in [4.78, 5) is 17.9. The predicted octanol–water partition coefficient (Wildman–Crippen LogP) is 6.48. The predicted molar refractivity (Wildman–Crippen MR) is 110 cm³/mol. The van der Waals surface area contributed by atoms with Gasteiger partial charge in [-0.15, -0.1) is 11.3 Å². The van der Waals surface area contributed by atoms with Crippen LogP contribution in [0.1, 0.15) is 41.9 Å². The Kier molecular flexibility index (Phi) is 5.84. The van der Waals surface area contributed by atoms with E-state index < -0.39 is 0 Å². The van der Waals surface area contributed by atoms with Gasteiger partial charge in [-0.1, -0.05) is 56.7 Å². The highest BCUT2D eigenvalue weighted by molar-refractivity contribution is 7.15. The molecule has 3 nitrogen and oxygen atoms in total. The summed E-state index contributed by atoms with van der Waals surface area (Å²) in [6, 6.07) is 16.2. The number of benzene rings is 2. The van der Waals surface area contributed by atoms with E-state index in [1.807, 2.05) is 44.3 Å². The molecule has 0 aliphatic heterocycles. The minimum Gasteiger partial charge on any atom is -0.332 e. The molecule has 2 aromatic carbocycles. The molecule has 0 saturated carbocycles. The number of ketones is 1. The molecule has 0 bridgehead atoms. The SMILES string of the molecule is CCCC(C)C(=O)c1ccc(-c2ccc(Nc3ncc(C)s3)cc2)cc1. The van der Waals surface area contributed by atoms with Crippen molar-refractivity contribution in [2.45, 2.75) is 33.6 Å². The van der Waals surface area contributed by atoms with E-state index in [1.165, 1.54) is 4.88 Å². The lowest BCUT2D eigenvalue weighted by Crippen LogP contribution is -2.10. The maximum Gasteiger partial charge on any atom is 0.187 e. The number of anilines is 2. The van der Waals surface area contributed by atoms with Gasteiger partial charge in [0.05, 0.1) is 0 Å². The fraction of sp³-hybridized carbons (Fsp3) is 0.273. The number of rotatable bonds is 7. The maximum atomic E-state index is 12.4. The third-order valence-corrected chi connectivity index (χ3v) is 5.26. The van der Waals surface area contributed by atoms with Crippen LogP contribution in [0.25, 0.3) is 11.1 Å². The Morgan fingerprint density at radius 1 is 1.08 bits per heavy atom. The molecule has 134 valence electrons. The zero-order valence-corrected chi connectivity index (χ0v) is 16.3. The van der Waals surface area contributed by atoms with Gasteiger partial charge in [-0.05, 0) is 36.6 Å². The molecule has 1 unspecified atom stereocenters. The molecule has 0 radical (unpaired) electrons. The van der Waals surface area contributed by atoms with Crippen molar-refractivity contribution in [3.8, 4) is 11.1 Å². The molecule has 1 atom stereocenters. The van der Waals surface area contributed by atoms with Crippen LogP contribution in [0.2, 0.25) is 0 Å². The highest BCUT2D eigenvalue weighted by Crippen LogP contribution is 2.26. The first-order valence-electron chi connectivity index (χ1n) is 9.01. The molecule has 0 saturated heterocycles. The summed E-state index contributed by atoms with van der Waals surface area (Å²) in [7, 11) is 0. The van der Waals surface area contributed by atoms with Crippen LogP contribution in [-0.2, 0) is 0 Å². The van der Waals surface area contributed by atoms with E-state index in [2.05, 4.69) is 41.5 Å². The van der Waals surface area contributed by atoms with Gasteiger partial charge >= 0.3 is 0 Å². The Morgan fingerprint density at radius 2 is 1.69 bits per heavy atom. The van der Waals surface area contributed by atoms with Gasteiger partial charge in [-0.2, -0.15) is 0 Å². The van der Waals surface area contributed by atoms with Crippen LogP contribution in [0, 0.1) is 12.8 Å². The fourth-order valence-electron chi connectivity index (χ4n) is 2.96. The molecule has 0 spiro atoms. The summed E-state index contributed by atoms with van der Waals surface area (Å²) in [5, 5.41) is 4.22. The molecule has 0 amide bonds. The van der Waals surface area contributed by atoms with Crippen LogP contribution in [0.15, 0.2) is 54.7 Å². The van der Waals surface area contributed by atoms with Gasteiger partial charge in [0.25, 0.3) is 0 Å². The monoisotopic (exact) mass is 364 g/mol. The molecule has 3 aromatic rings. The second-order valence-electron chi connectivity index (χ2n) is 6.61. The van der Waals surface area contributed by atoms with Crippen LogP contribution in [-0.4, -0.2) is 10.8 Å². The van der Waals surface area contributed by atoms with Crippen molar-refractivity contribution < 1.29 is 4.79 Å². The van der Waals surface area contributed by atoms with E-state index in [9.17, 15) is 4.79 Å². The quantitative estimate of drug-likeness (QED) is 0.488. The Morgan fingerprint density at radius 3 is 2.23 bits per heavy atom. The Bertz CT molecular complexity index is 866. The lowest BCUT2D eigenvalue weighted by Gasteiger charge is -2.10. The smallest absolute Gasteiger partial charge is 0.187 e. The average molecular weight is 365 g/mol. The standard InChI is InChI=1S/C22H24N2OS/c1-4-5-15(2)21(25)19-8-6-17(7-9-19)18-10-12-20(13-11-18)24-22-23-14-16(3)26-22/h6-15H,4-5H2,1-3H3,(H,23,24). The molecular weight excluding hydrogens is 340 g/mol. The number of nitrogens with one attached hydrogen (secondary N) is 1. The molecule has 1 aromatic heterocycles. The molecule has 1 heterocycles. The minimum atomic E-state index is 0.0886. The second-order valence-corrected chi connectivity index (χ2v) is 7.84. The van der Waals surface area contributed by atoms with E-state index in [0.717, 1.165) is 40.4 Å².